The van der Waals surface area contributed by atoms with Crippen LogP contribution in [-0.2, 0) is 5.41 Å². The molecule has 2 nitrogen and oxygen atoms in total. The molecule has 0 aliphatic carbocycles. The van der Waals surface area contributed by atoms with Crippen molar-refractivity contribution in [2.24, 2.45) is 0 Å². The number of aromatic hydroxyl groups is 2. The Balaban J connectivity index is 2.58. The van der Waals surface area contributed by atoms with E-state index < -0.39 is 5.41 Å². The van der Waals surface area contributed by atoms with Gasteiger partial charge in [0, 0.05) is 0 Å². The Morgan fingerprint density at radius 3 is 1.53 bits per heavy atom. The van der Waals surface area contributed by atoms with E-state index >= 15 is 0 Å². The van der Waals surface area contributed by atoms with Gasteiger partial charge in [-0.1, -0.05) is 37.1 Å². The molecule has 0 atom stereocenters. The van der Waals surface area contributed by atoms with E-state index in [4.69, 9.17) is 6.42 Å². The van der Waals surface area contributed by atoms with Crippen LogP contribution in [0.25, 0.3) is 0 Å². The van der Waals surface area contributed by atoms with Crippen LogP contribution < -0.4 is 0 Å². The van der Waals surface area contributed by atoms with Gasteiger partial charge in [0.1, 0.15) is 11.5 Å². The Hall–Kier alpha value is -2.40. The third-order valence-corrected chi connectivity index (χ3v) is 3.50. The predicted octanol–water partition coefficient (Wildman–Crippen LogP) is 3.43. The number of hydrogen-bond acceptors (Lipinski definition) is 2. The SMILES string of the molecule is C#CC(CC)(c1ccc(O)cc1)c1ccc(O)cc1. The van der Waals surface area contributed by atoms with Gasteiger partial charge in [-0.25, -0.2) is 0 Å². The van der Waals surface area contributed by atoms with Crippen molar-refractivity contribution in [3.63, 3.8) is 0 Å². The maximum Gasteiger partial charge on any atom is 0.115 e. The molecule has 2 aromatic carbocycles. The second-order valence-corrected chi connectivity index (χ2v) is 4.50. The second kappa shape index (κ2) is 5.07. The van der Waals surface area contributed by atoms with Crippen molar-refractivity contribution in [2.75, 3.05) is 0 Å². The standard InChI is InChI=1S/C17H16O2/c1-3-17(4-2,13-5-9-15(18)10-6-13)14-7-11-16(19)12-8-14/h1,5-12,18-19H,4H2,2H3. The Kier molecular flexibility index (Phi) is 3.48. The van der Waals surface area contributed by atoms with Crippen molar-refractivity contribution in [2.45, 2.75) is 18.8 Å². The highest BCUT2D eigenvalue weighted by Crippen LogP contribution is 2.36. The summed E-state index contributed by atoms with van der Waals surface area (Å²) in [7, 11) is 0. The quantitative estimate of drug-likeness (QED) is 0.822. The first kappa shape index (κ1) is 13.0. The topological polar surface area (TPSA) is 40.5 Å². The fourth-order valence-electron chi connectivity index (χ4n) is 2.34. The number of rotatable bonds is 3. The van der Waals surface area contributed by atoms with E-state index in [2.05, 4.69) is 5.92 Å². The van der Waals surface area contributed by atoms with Crippen molar-refractivity contribution in [3.8, 4) is 23.8 Å². The lowest BCUT2D eigenvalue weighted by Gasteiger charge is -2.28. The summed E-state index contributed by atoms with van der Waals surface area (Å²) >= 11 is 0. The first-order chi connectivity index (χ1) is 9.12. The first-order valence-electron chi connectivity index (χ1n) is 6.19. The molecule has 2 heteroatoms. The molecule has 0 heterocycles. The predicted molar refractivity (Wildman–Crippen MR) is 76.1 cm³/mol. The lowest BCUT2D eigenvalue weighted by atomic mass is 9.73. The number of hydrogen-bond donors (Lipinski definition) is 2. The van der Waals surface area contributed by atoms with E-state index in [1.165, 1.54) is 0 Å². The summed E-state index contributed by atoms with van der Waals surface area (Å²) in [4.78, 5) is 0. The smallest absolute Gasteiger partial charge is 0.115 e. The van der Waals surface area contributed by atoms with Crippen molar-refractivity contribution >= 4 is 0 Å². The molecule has 96 valence electrons. The molecule has 19 heavy (non-hydrogen) atoms. The molecule has 0 spiro atoms. The molecular formula is C17H16O2. The largest absolute Gasteiger partial charge is 0.508 e. The van der Waals surface area contributed by atoms with Crippen LogP contribution in [0.5, 0.6) is 11.5 Å². The van der Waals surface area contributed by atoms with Crippen LogP contribution in [0.1, 0.15) is 24.5 Å². The number of phenols is 2. The van der Waals surface area contributed by atoms with Crippen LogP contribution in [0.3, 0.4) is 0 Å². The van der Waals surface area contributed by atoms with Gasteiger partial charge >= 0.3 is 0 Å². The number of benzene rings is 2. The number of terminal acetylenes is 1. The Morgan fingerprint density at radius 2 is 1.26 bits per heavy atom. The van der Waals surface area contributed by atoms with E-state index in [9.17, 15) is 10.2 Å². The lowest BCUT2D eigenvalue weighted by molar-refractivity contribution is 0.474. The molecule has 0 fully saturated rings. The summed E-state index contributed by atoms with van der Waals surface area (Å²) in [6.45, 7) is 2.03. The van der Waals surface area contributed by atoms with Gasteiger partial charge in [-0.3, -0.25) is 0 Å². The fraction of sp³-hybridized carbons (Fsp3) is 0.176. The van der Waals surface area contributed by atoms with E-state index in [1.807, 2.05) is 31.2 Å². The molecule has 0 saturated carbocycles. The van der Waals surface area contributed by atoms with Crippen molar-refractivity contribution in [1.29, 1.82) is 0 Å². The van der Waals surface area contributed by atoms with Crippen LogP contribution in [0, 0.1) is 12.3 Å². The zero-order valence-electron chi connectivity index (χ0n) is 10.8. The molecule has 0 aromatic heterocycles. The zero-order chi connectivity index (χ0) is 13.9. The average molecular weight is 252 g/mol. The number of phenolic OH excluding ortho intramolecular Hbond substituents is 2. The Morgan fingerprint density at radius 1 is 0.895 bits per heavy atom. The highest BCUT2D eigenvalue weighted by Gasteiger charge is 2.30. The molecule has 0 aliphatic rings. The minimum Gasteiger partial charge on any atom is -0.508 e. The van der Waals surface area contributed by atoms with Crippen molar-refractivity contribution in [3.05, 3.63) is 59.7 Å². The summed E-state index contributed by atoms with van der Waals surface area (Å²) < 4.78 is 0. The van der Waals surface area contributed by atoms with Gasteiger partial charge in [0.2, 0.25) is 0 Å². The summed E-state index contributed by atoms with van der Waals surface area (Å²) in [6, 6.07) is 13.9. The molecule has 2 rings (SSSR count). The van der Waals surface area contributed by atoms with Crippen LogP contribution in [0.4, 0.5) is 0 Å². The zero-order valence-corrected chi connectivity index (χ0v) is 10.8. The molecular weight excluding hydrogens is 236 g/mol. The van der Waals surface area contributed by atoms with E-state index in [1.54, 1.807) is 24.3 Å². The van der Waals surface area contributed by atoms with Gasteiger partial charge < -0.3 is 10.2 Å². The molecule has 0 amide bonds. The van der Waals surface area contributed by atoms with Crippen molar-refractivity contribution in [1.82, 2.24) is 0 Å². The molecule has 0 aliphatic heterocycles. The van der Waals surface area contributed by atoms with Gasteiger partial charge in [-0.2, -0.15) is 0 Å². The Labute approximate surface area is 113 Å². The maximum absolute atomic E-state index is 9.39. The van der Waals surface area contributed by atoms with Gasteiger partial charge in [0.05, 0.1) is 5.41 Å². The van der Waals surface area contributed by atoms with Crippen LogP contribution >= 0.6 is 0 Å². The van der Waals surface area contributed by atoms with Gasteiger partial charge in [0.15, 0.2) is 0 Å². The summed E-state index contributed by atoms with van der Waals surface area (Å²) in [5.74, 6) is 3.31. The Bertz CT molecular complexity index is 543. The fourth-order valence-corrected chi connectivity index (χ4v) is 2.34. The van der Waals surface area contributed by atoms with E-state index in [0.717, 1.165) is 17.5 Å². The van der Waals surface area contributed by atoms with Gasteiger partial charge in [-0.05, 0) is 41.8 Å². The van der Waals surface area contributed by atoms with Crippen LogP contribution in [0.15, 0.2) is 48.5 Å². The molecule has 0 unspecified atom stereocenters. The summed E-state index contributed by atoms with van der Waals surface area (Å²) in [5.41, 5.74) is 1.38. The van der Waals surface area contributed by atoms with Gasteiger partial charge in [-0.15, -0.1) is 6.42 Å². The third kappa shape index (κ3) is 2.28. The molecule has 0 radical (unpaired) electrons. The van der Waals surface area contributed by atoms with Gasteiger partial charge in [0.25, 0.3) is 0 Å². The van der Waals surface area contributed by atoms with Crippen LogP contribution in [0.2, 0.25) is 0 Å². The van der Waals surface area contributed by atoms with Crippen LogP contribution in [-0.4, -0.2) is 10.2 Å². The molecule has 2 N–H and O–H groups in total. The maximum atomic E-state index is 9.39. The van der Waals surface area contributed by atoms with E-state index in [0.29, 0.717) is 0 Å². The minimum absolute atomic E-state index is 0.219. The summed E-state index contributed by atoms with van der Waals surface area (Å²) in [6.07, 6.45) is 6.52. The minimum atomic E-state index is -0.540. The van der Waals surface area contributed by atoms with E-state index in [-0.39, 0.29) is 11.5 Å². The average Bonchev–Trinajstić information content (AvgIpc) is 2.44. The van der Waals surface area contributed by atoms with Crippen molar-refractivity contribution < 1.29 is 10.2 Å². The summed E-state index contributed by atoms with van der Waals surface area (Å²) in [5, 5.41) is 18.8. The monoisotopic (exact) mass is 252 g/mol. The molecule has 2 aromatic rings. The normalized spacial score (nSPS) is 10.9. The highest BCUT2D eigenvalue weighted by atomic mass is 16.3. The lowest BCUT2D eigenvalue weighted by Crippen LogP contribution is -2.24. The second-order valence-electron chi connectivity index (χ2n) is 4.50. The molecule has 0 bridgehead atoms. The third-order valence-electron chi connectivity index (χ3n) is 3.50. The first-order valence-corrected chi connectivity index (χ1v) is 6.19. The molecule has 0 saturated heterocycles. The highest BCUT2D eigenvalue weighted by molar-refractivity contribution is 5.49.